The normalized spacial score (nSPS) is 13.0. The van der Waals surface area contributed by atoms with E-state index in [1.165, 1.54) is 0 Å². The molecule has 13 heavy (non-hydrogen) atoms. The van der Waals surface area contributed by atoms with Crippen LogP contribution in [0.2, 0.25) is 0 Å². The zero-order chi connectivity index (χ0) is 10.0. The molecular formula is C10H14BrNO. The average Bonchev–Trinajstić information content (AvgIpc) is 2.10. The molecule has 0 heterocycles. The minimum absolute atomic E-state index is 0.261. The number of hydrogen-bond acceptors (Lipinski definition) is 2. The third-order valence-corrected chi connectivity index (χ3v) is 2.71. The first-order valence-electron chi connectivity index (χ1n) is 4.21. The van der Waals surface area contributed by atoms with Crippen LogP contribution in [0, 0.1) is 13.8 Å². The fraction of sp³-hybridized carbons (Fsp3) is 0.400. The summed E-state index contributed by atoms with van der Waals surface area (Å²) in [7, 11) is 0. The highest BCUT2D eigenvalue weighted by Crippen LogP contribution is 2.24. The number of nitrogens with two attached hydrogens (primary N) is 1. The SMILES string of the molecule is Cc1cc(Br)cc(C(O)CN)c1C. The van der Waals surface area contributed by atoms with E-state index in [0.29, 0.717) is 0 Å². The van der Waals surface area contributed by atoms with Gasteiger partial charge in [-0.2, -0.15) is 0 Å². The van der Waals surface area contributed by atoms with E-state index >= 15 is 0 Å². The molecule has 3 heteroatoms. The first-order chi connectivity index (χ1) is 6.06. The van der Waals surface area contributed by atoms with Crippen LogP contribution >= 0.6 is 15.9 Å². The number of halogens is 1. The largest absolute Gasteiger partial charge is 0.387 e. The Morgan fingerprint density at radius 1 is 1.46 bits per heavy atom. The monoisotopic (exact) mass is 243 g/mol. The third kappa shape index (κ3) is 2.30. The average molecular weight is 244 g/mol. The lowest BCUT2D eigenvalue weighted by molar-refractivity contribution is 0.186. The third-order valence-electron chi connectivity index (χ3n) is 2.25. The van der Waals surface area contributed by atoms with Crippen molar-refractivity contribution in [1.82, 2.24) is 0 Å². The molecule has 1 atom stereocenters. The molecule has 3 N–H and O–H groups in total. The smallest absolute Gasteiger partial charge is 0.0915 e. The maximum absolute atomic E-state index is 9.61. The zero-order valence-corrected chi connectivity index (χ0v) is 9.43. The van der Waals surface area contributed by atoms with Gasteiger partial charge in [0.05, 0.1) is 6.10 Å². The minimum atomic E-state index is -0.559. The van der Waals surface area contributed by atoms with Crippen LogP contribution in [0.1, 0.15) is 22.8 Å². The molecule has 2 nitrogen and oxygen atoms in total. The van der Waals surface area contributed by atoms with Crippen LogP contribution < -0.4 is 5.73 Å². The highest BCUT2D eigenvalue weighted by Gasteiger charge is 2.10. The highest BCUT2D eigenvalue weighted by atomic mass is 79.9. The molecule has 0 fully saturated rings. The molecule has 0 saturated heterocycles. The minimum Gasteiger partial charge on any atom is -0.387 e. The van der Waals surface area contributed by atoms with Gasteiger partial charge in [0, 0.05) is 11.0 Å². The van der Waals surface area contributed by atoms with Crippen molar-refractivity contribution < 1.29 is 5.11 Å². The number of aliphatic hydroxyl groups excluding tert-OH is 1. The van der Waals surface area contributed by atoms with E-state index in [9.17, 15) is 5.11 Å². The Hall–Kier alpha value is -0.380. The standard InChI is InChI=1S/C10H14BrNO/c1-6-3-8(11)4-9(7(6)2)10(13)5-12/h3-4,10,13H,5,12H2,1-2H3. The van der Waals surface area contributed by atoms with E-state index in [4.69, 9.17) is 5.73 Å². The number of aliphatic hydroxyl groups is 1. The molecule has 72 valence electrons. The maximum atomic E-state index is 9.61. The molecule has 0 spiro atoms. The Labute approximate surface area is 86.9 Å². The Balaban J connectivity index is 3.20. The zero-order valence-electron chi connectivity index (χ0n) is 7.84. The summed E-state index contributed by atoms with van der Waals surface area (Å²) in [5, 5.41) is 9.61. The van der Waals surface area contributed by atoms with Crippen LogP contribution in [-0.4, -0.2) is 11.7 Å². The summed E-state index contributed by atoms with van der Waals surface area (Å²) >= 11 is 3.39. The van der Waals surface area contributed by atoms with Gasteiger partial charge in [-0.25, -0.2) is 0 Å². The van der Waals surface area contributed by atoms with Crippen molar-refractivity contribution in [1.29, 1.82) is 0 Å². The van der Waals surface area contributed by atoms with E-state index < -0.39 is 6.10 Å². The van der Waals surface area contributed by atoms with Crippen molar-refractivity contribution in [3.8, 4) is 0 Å². The lowest BCUT2D eigenvalue weighted by atomic mass is 9.99. The van der Waals surface area contributed by atoms with Crippen molar-refractivity contribution in [2.45, 2.75) is 20.0 Å². The van der Waals surface area contributed by atoms with Crippen LogP contribution in [-0.2, 0) is 0 Å². The second kappa shape index (κ2) is 4.22. The van der Waals surface area contributed by atoms with Gasteiger partial charge in [-0.1, -0.05) is 15.9 Å². The number of hydrogen-bond donors (Lipinski definition) is 2. The van der Waals surface area contributed by atoms with Crippen molar-refractivity contribution >= 4 is 15.9 Å². The number of rotatable bonds is 2. The molecule has 0 radical (unpaired) electrons. The van der Waals surface area contributed by atoms with Gasteiger partial charge < -0.3 is 10.8 Å². The fourth-order valence-corrected chi connectivity index (χ4v) is 1.90. The maximum Gasteiger partial charge on any atom is 0.0915 e. The first-order valence-corrected chi connectivity index (χ1v) is 5.00. The van der Waals surface area contributed by atoms with Gasteiger partial charge in [0.2, 0.25) is 0 Å². The molecule has 0 aliphatic carbocycles. The number of benzene rings is 1. The molecule has 0 aliphatic rings. The first kappa shape index (κ1) is 10.7. The van der Waals surface area contributed by atoms with Gasteiger partial charge in [0.25, 0.3) is 0 Å². The summed E-state index contributed by atoms with van der Waals surface area (Å²) in [6, 6.07) is 3.95. The molecular weight excluding hydrogens is 230 g/mol. The lowest BCUT2D eigenvalue weighted by Gasteiger charge is -2.14. The van der Waals surface area contributed by atoms with Crippen LogP contribution in [0.5, 0.6) is 0 Å². The van der Waals surface area contributed by atoms with Gasteiger partial charge in [-0.05, 0) is 42.7 Å². The van der Waals surface area contributed by atoms with E-state index in [1.54, 1.807) is 0 Å². The van der Waals surface area contributed by atoms with Gasteiger partial charge in [0.15, 0.2) is 0 Å². The van der Waals surface area contributed by atoms with Gasteiger partial charge in [-0.3, -0.25) is 0 Å². The summed E-state index contributed by atoms with van der Waals surface area (Å²) in [5.74, 6) is 0. The molecule has 1 rings (SSSR count). The molecule has 0 aromatic heterocycles. The summed E-state index contributed by atoms with van der Waals surface area (Å²) in [5.41, 5.74) is 8.60. The van der Waals surface area contributed by atoms with Crippen molar-refractivity contribution in [2.75, 3.05) is 6.54 Å². The topological polar surface area (TPSA) is 46.2 Å². The molecule has 0 bridgehead atoms. The van der Waals surface area contributed by atoms with Gasteiger partial charge in [-0.15, -0.1) is 0 Å². The highest BCUT2D eigenvalue weighted by molar-refractivity contribution is 9.10. The van der Waals surface area contributed by atoms with Crippen molar-refractivity contribution in [3.05, 3.63) is 33.3 Å². The Morgan fingerprint density at radius 3 is 2.62 bits per heavy atom. The lowest BCUT2D eigenvalue weighted by Crippen LogP contribution is -2.13. The quantitative estimate of drug-likeness (QED) is 0.836. The molecule has 1 aromatic carbocycles. The molecule has 1 unspecified atom stereocenters. The Kier molecular flexibility index (Phi) is 3.47. The molecule has 0 amide bonds. The predicted octanol–water partition coefficient (Wildman–Crippen LogP) is 2.06. The molecule has 1 aromatic rings. The summed E-state index contributed by atoms with van der Waals surface area (Å²) in [4.78, 5) is 0. The second-order valence-electron chi connectivity index (χ2n) is 3.19. The Morgan fingerprint density at radius 2 is 2.08 bits per heavy atom. The summed E-state index contributed by atoms with van der Waals surface area (Å²) in [6.07, 6.45) is -0.559. The van der Waals surface area contributed by atoms with Gasteiger partial charge >= 0.3 is 0 Å². The second-order valence-corrected chi connectivity index (χ2v) is 4.10. The molecule has 0 saturated carbocycles. The van der Waals surface area contributed by atoms with Crippen molar-refractivity contribution in [2.24, 2.45) is 5.73 Å². The Bertz CT molecular complexity index is 312. The van der Waals surface area contributed by atoms with Crippen LogP contribution in [0.25, 0.3) is 0 Å². The van der Waals surface area contributed by atoms with Gasteiger partial charge in [0.1, 0.15) is 0 Å². The van der Waals surface area contributed by atoms with E-state index in [1.807, 2.05) is 26.0 Å². The van der Waals surface area contributed by atoms with Crippen molar-refractivity contribution in [3.63, 3.8) is 0 Å². The number of aryl methyl sites for hydroxylation is 1. The fourth-order valence-electron chi connectivity index (χ4n) is 1.31. The van der Waals surface area contributed by atoms with Crippen LogP contribution in [0.15, 0.2) is 16.6 Å². The van der Waals surface area contributed by atoms with E-state index in [2.05, 4.69) is 15.9 Å². The van der Waals surface area contributed by atoms with E-state index in [-0.39, 0.29) is 6.54 Å². The predicted molar refractivity (Wildman–Crippen MR) is 57.6 cm³/mol. The summed E-state index contributed by atoms with van der Waals surface area (Å²) in [6.45, 7) is 4.28. The van der Waals surface area contributed by atoms with E-state index in [0.717, 1.165) is 21.2 Å². The van der Waals surface area contributed by atoms with Crippen LogP contribution in [0.3, 0.4) is 0 Å². The summed E-state index contributed by atoms with van der Waals surface area (Å²) < 4.78 is 0.984. The van der Waals surface area contributed by atoms with Crippen LogP contribution in [0.4, 0.5) is 0 Å². The molecule has 0 aliphatic heterocycles.